The summed E-state index contributed by atoms with van der Waals surface area (Å²) in [4.78, 5) is 34.3. The number of hydrogen-bond acceptors (Lipinski definition) is 6. The number of carbonyl (C=O) groups is 3. The van der Waals surface area contributed by atoms with Crippen LogP contribution in [0.2, 0.25) is 0 Å². The highest BCUT2D eigenvalue weighted by molar-refractivity contribution is 6.01. The maximum absolute atomic E-state index is 12.1. The van der Waals surface area contributed by atoms with Gasteiger partial charge in [0, 0.05) is 17.7 Å². The summed E-state index contributed by atoms with van der Waals surface area (Å²) < 4.78 is 11.1. The lowest BCUT2D eigenvalue weighted by atomic mass is 9.97. The van der Waals surface area contributed by atoms with E-state index >= 15 is 0 Å². The molecule has 0 saturated heterocycles. The van der Waals surface area contributed by atoms with E-state index in [-0.39, 0.29) is 12.4 Å². The number of aliphatic hydroxyl groups is 1. The second-order valence-electron chi connectivity index (χ2n) is 8.01. The van der Waals surface area contributed by atoms with Gasteiger partial charge in [-0.15, -0.1) is 0 Å². The third-order valence-corrected chi connectivity index (χ3v) is 4.63. The predicted molar refractivity (Wildman–Crippen MR) is 117 cm³/mol. The minimum Gasteiger partial charge on any atom is -0.487 e. The maximum Gasteiger partial charge on any atom is 0.331 e. The van der Waals surface area contributed by atoms with Crippen molar-refractivity contribution in [1.82, 2.24) is 0 Å². The number of aliphatic carboxylic acids is 1. The normalized spacial score (nSPS) is 12.5. The van der Waals surface area contributed by atoms with E-state index in [0.29, 0.717) is 17.7 Å². The molecule has 0 spiro atoms. The largest absolute Gasteiger partial charge is 0.487 e. The summed E-state index contributed by atoms with van der Waals surface area (Å²) in [5.74, 6) is -1.84. The molecule has 7 heteroatoms. The van der Waals surface area contributed by atoms with Crippen molar-refractivity contribution in [3.05, 3.63) is 42.0 Å². The SMILES string of the molecule is CCCCCCCCC(COC(=O)/C=C/C(=O)O)Oc1ccc(C(=O)C(C)(C)O)cc1. The van der Waals surface area contributed by atoms with Crippen molar-refractivity contribution in [2.45, 2.75) is 77.4 Å². The van der Waals surface area contributed by atoms with Gasteiger partial charge >= 0.3 is 11.9 Å². The molecule has 1 aromatic rings. The highest BCUT2D eigenvalue weighted by Gasteiger charge is 2.25. The molecular weight excluding hydrogens is 400 g/mol. The molecule has 7 nitrogen and oxygen atoms in total. The highest BCUT2D eigenvalue weighted by Crippen LogP contribution is 2.20. The summed E-state index contributed by atoms with van der Waals surface area (Å²) in [5.41, 5.74) is -1.09. The first-order chi connectivity index (χ1) is 14.6. The van der Waals surface area contributed by atoms with Crippen molar-refractivity contribution in [3.63, 3.8) is 0 Å². The van der Waals surface area contributed by atoms with Crippen LogP contribution in [0.25, 0.3) is 0 Å². The van der Waals surface area contributed by atoms with Crippen LogP contribution in [0.3, 0.4) is 0 Å². The average Bonchev–Trinajstić information content (AvgIpc) is 2.72. The Hall–Kier alpha value is -2.67. The van der Waals surface area contributed by atoms with Gasteiger partial charge in [-0.2, -0.15) is 0 Å². The van der Waals surface area contributed by atoms with Gasteiger partial charge in [0.15, 0.2) is 5.78 Å². The average molecular weight is 435 g/mol. The van der Waals surface area contributed by atoms with Crippen LogP contribution in [-0.2, 0) is 14.3 Å². The zero-order valence-electron chi connectivity index (χ0n) is 18.6. The number of hydrogen-bond donors (Lipinski definition) is 2. The quantitative estimate of drug-likeness (QED) is 0.183. The lowest BCUT2D eigenvalue weighted by Gasteiger charge is -2.20. The van der Waals surface area contributed by atoms with Crippen molar-refractivity contribution in [2.75, 3.05) is 6.61 Å². The predicted octanol–water partition coefficient (Wildman–Crippen LogP) is 4.32. The summed E-state index contributed by atoms with van der Waals surface area (Å²) in [6.07, 6.45) is 8.53. The summed E-state index contributed by atoms with van der Waals surface area (Å²) >= 11 is 0. The number of ether oxygens (including phenoxy) is 2. The van der Waals surface area contributed by atoms with Gasteiger partial charge < -0.3 is 19.7 Å². The number of esters is 1. The van der Waals surface area contributed by atoms with Crippen molar-refractivity contribution in [1.29, 1.82) is 0 Å². The third-order valence-electron chi connectivity index (χ3n) is 4.63. The molecule has 0 aliphatic carbocycles. The molecule has 0 aliphatic rings. The van der Waals surface area contributed by atoms with Gasteiger partial charge in [0.25, 0.3) is 0 Å². The molecule has 0 saturated carbocycles. The van der Waals surface area contributed by atoms with E-state index in [1.165, 1.54) is 33.1 Å². The van der Waals surface area contributed by atoms with Gasteiger partial charge in [0.1, 0.15) is 24.1 Å². The van der Waals surface area contributed by atoms with Gasteiger partial charge in [-0.25, -0.2) is 9.59 Å². The van der Waals surface area contributed by atoms with Crippen LogP contribution >= 0.6 is 0 Å². The molecule has 2 N–H and O–H groups in total. The summed E-state index contributed by atoms with van der Waals surface area (Å²) in [6.45, 7) is 5.02. The fourth-order valence-electron chi connectivity index (χ4n) is 2.92. The lowest BCUT2D eigenvalue weighted by Crippen LogP contribution is -2.31. The Labute approximate surface area is 184 Å². The van der Waals surface area contributed by atoms with Crippen molar-refractivity contribution >= 4 is 17.7 Å². The fraction of sp³-hybridized carbons (Fsp3) is 0.542. The molecule has 1 atom stereocenters. The van der Waals surface area contributed by atoms with Crippen LogP contribution in [0.4, 0.5) is 0 Å². The zero-order valence-corrected chi connectivity index (χ0v) is 18.6. The summed E-state index contributed by atoms with van der Waals surface area (Å²) in [6, 6.07) is 6.44. The maximum atomic E-state index is 12.1. The Kier molecular flexibility index (Phi) is 11.6. The summed E-state index contributed by atoms with van der Waals surface area (Å²) in [5, 5.41) is 18.4. The van der Waals surface area contributed by atoms with E-state index < -0.39 is 23.6 Å². The number of carbonyl (C=O) groups excluding carboxylic acids is 2. The topological polar surface area (TPSA) is 110 Å². The molecule has 0 amide bonds. The van der Waals surface area contributed by atoms with Crippen LogP contribution < -0.4 is 4.74 Å². The Bertz CT molecular complexity index is 729. The molecule has 1 rings (SSSR count). The molecule has 1 aromatic carbocycles. The van der Waals surface area contributed by atoms with Gasteiger partial charge in [-0.05, 0) is 51.0 Å². The van der Waals surface area contributed by atoms with E-state index in [9.17, 15) is 19.5 Å². The Balaban J connectivity index is 2.70. The first kappa shape index (κ1) is 26.4. The van der Waals surface area contributed by atoms with Gasteiger partial charge in [0.05, 0.1) is 0 Å². The number of unbranched alkanes of at least 4 members (excludes halogenated alkanes) is 5. The molecule has 1 unspecified atom stereocenters. The molecule has 0 radical (unpaired) electrons. The molecule has 31 heavy (non-hydrogen) atoms. The number of carboxylic acids is 1. The van der Waals surface area contributed by atoms with Crippen LogP contribution in [0.1, 0.15) is 76.1 Å². The molecule has 172 valence electrons. The number of benzene rings is 1. The van der Waals surface area contributed by atoms with Crippen LogP contribution in [0.15, 0.2) is 36.4 Å². The monoisotopic (exact) mass is 434 g/mol. The highest BCUT2D eigenvalue weighted by atomic mass is 16.6. The number of carboxylic acid groups (broad SMARTS) is 1. The Morgan fingerprint density at radius 2 is 1.61 bits per heavy atom. The second kappa shape index (κ2) is 13.6. The van der Waals surface area contributed by atoms with Crippen LogP contribution in [0.5, 0.6) is 5.75 Å². The lowest BCUT2D eigenvalue weighted by molar-refractivity contribution is -0.141. The third kappa shape index (κ3) is 11.3. The van der Waals surface area contributed by atoms with Crippen molar-refractivity contribution in [2.24, 2.45) is 0 Å². The number of Topliss-reactive ketones (excluding diaryl/α,β-unsaturated/α-hetero) is 1. The standard InChI is InChI=1S/C24H34O7/c1-4-5-6-7-8-9-10-20(17-30-22(27)16-15-21(25)26)31-19-13-11-18(12-14-19)23(28)24(2,3)29/h11-16,20,29H,4-10,17H2,1-3H3,(H,25,26)/b16-15+. The van der Waals surface area contributed by atoms with Crippen LogP contribution in [0, 0.1) is 0 Å². The first-order valence-electron chi connectivity index (χ1n) is 10.7. The fourth-order valence-corrected chi connectivity index (χ4v) is 2.92. The minimum absolute atomic E-state index is 0.0118. The smallest absolute Gasteiger partial charge is 0.331 e. The first-order valence-corrected chi connectivity index (χ1v) is 10.7. The zero-order chi connectivity index (χ0) is 23.3. The van der Waals surface area contributed by atoms with Crippen molar-refractivity contribution in [3.8, 4) is 5.75 Å². The van der Waals surface area contributed by atoms with Gasteiger partial charge in [0.2, 0.25) is 0 Å². The number of rotatable bonds is 15. The van der Waals surface area contributed by atoms with Gasteiger partial charge in [-0.3, -0.25) is 4.79 Å². The van der Waals surface area contributed by atoms with E-state index in [2.05, 4.69) is 6.92 Å². The molecular formula is C24H34O7. The minimum atomic E-state index is -1.46. The van der Waals surface area contributed by atoms with E-state index in [0.717, 1.165) is 31.4 Å². The molecule has 0 aliphatic heterocycles. The van der Waals surface area contributed by atoms with Gasteiger partial charge in [-0.1, -0.05) is 39.0 Å². The Morgan fingerprint density at radius 3 is 2.19 bits per heavy atom. The van der Waals surface area contributed by atoms with E-state index in [4.69, 9.17) is 14.6 Å². The second-order valence-corrected chi connectivity index (χ2v) is 8.01. The van der Waals surface area contributed by atoms with E-state index in [1.54, 1.807) is 24.3 Å². The molecule has 0 aromatic heterocycles. The molecule has 0 bridgehead atoms. The Morgan fingerprint density at radius 1 is 1.00 bits per heavy atom. The van der Waals surface area contributed by atoms with Crippen molar-refractivity contribution < 1.29 is 34.1 Å². The van der Waals surface area contributed by atoms with Crippen LogP contribution in [-0.4, -0.2) is 46.2 Å². The number of ketones is 1. The molecule has 0 fully saturated rings. The molecule has 0 heterocycles. The van der Waals surface area contributed by atoms with E-state index in [1.807, 2.05) is 0 Å². The summed E-state index contributed by atoms with van der Waals surface area (Å²) in [7, 11) is 0.